The summed E-state index contributed by atoms with van der Waals surface area (Å²) < 4.78 is 11.0. The molecule has 0 aliphatic carbocycles. The Morgan fingerprint density at radius 3 is 2.73 bits per heavy atom. The van der Waals surface area contributed by atoms with Gasteiger partial charge in [-0.3, -0.25) is 9.78 Å². The highest BCUT2D eigenvalue weighted by Gasteiger charge is 2.44. The number of cyclic esters (lactones) is 1. The van der Waals surface area contributed by atoms with Crippen LogP contribution in [0.3, 0.4) is 0 Å². The molecular formula is C22H22N4O4. The summed E-state index contributed by atoms with van der Waals surface area (Å²) in [4.78, 5) is 34.0. The van der Waals surface area contributed by atoms with Gasteiger partial charge in [-0.25, -0.2) is 4.79 Å². The first-order valence-electron chi connectivity index (χ1n) is 9.73. The maximum Gasteiger partial charge on any atom is 0.339 e. The van der Waals surface area contributed by atoms with Crippen molar-refractivity contribution < 1.29 is 18.8 Å². The fourth-order valence-corrected chi connectivity index (χ4v) is 3.44. The van der Waals surface area contributed by atoms with Gasteiger partial charge in [-0.2, -0.15) is 4.98 Å². The summed E-state index contributed by atoms with van der Waals surface area (Å²) in [5.41, 5.74) is 0.654. The average molecular weight is 406 g/mol. The van der Waals surface area contributed by atoms with E-state index in [1.807, 2.05) is 32.0 Å². The predicted molar refractivity (Wildman–Crippen MR) is 107 cm³/mol. The third-order valence-corrected chi connectivity index (χ3v) is 5.14. The van der Waals surface area contributed by atoms with Crippen molar-refractivity contribution in [1.29, 1.82) is 0 Å². The Hall–Kier alpha value is -3.55. The SMILES string of the molecule is CC(C)C(NC(=O)C1(C)Cc2ccccc2C(=O)O1)c1nc(-c2cccnc2)no1. The van der Waals surface area contributed by atoms with Crippen LogP contribution in [-0.2, 0) is 16.0 Å². The molecule has 30 heavy (non-hydrogen) atoms. The molecule has 2 atom stereocenters. The van der Waals surface area contributed by atoms with Gasteiger partial charge in [0.25, 0.3) is 5.91 Å². The normalized spacial score (nSPS) is 19.1. The quantitative estimate of drug-likeness (QED) is 0.649. The second kappa shape index (κ2) is 7.70. The number of benzene rings is 1. The van der Waals surface area contributed by atoms with E-state index in [2.05, 4.69) is 20.4 Å². The fourth-order valence-electron chi connectivity index (χ4n) is 3.44. The molecule has 4 rings (SSSR count). The minimum atomic E-state index is -1.33. The van der Waals surface area contributed by atoms with Crippen LogP contribution in [0.25, 0.3) is 11.4 Å². The van der Waals surface area contributed by atoms with E-state index in [-0.39, 0.29) is 18.2 Å². The van der Waals surface area contributed by atoms with Gasteiger partial charge in [0.2, 0.25) is 11.7 Å². The molecule has 0 spiro atoms. The van der Waals surface area contributed by atoms with Gasteiger partial charge in [-0.1, -0.05) is 37.2 Å². The molecule has 0 radical (unpaired) electrons. The van der Waals surface area contributed by atoms with Crippen LogP contribution in [0, 0.1) is 5.92 Å². The van der Waals surface area contributed by atoms with Crippen LogP contribution in [0.4, 0.5) is 0 Å². The van der Waals surface area contributed by atoms with Crippen LogP contribution in [0.1, 0.15) is 48.6 Å². The van der Waals surface area contributed by atoms with Gasteiger partial charge in [0, 0.05) is 24.4 Å². The van der Waals surface area contributed by atoms with Crippen molar-refractivity contribution in [3.8, 4) is 11.4 Å². The molecule has 0 bridgehead atoms. The minimum absolute atomic E-state index is 0.0358. The van der Waals surface area contributed by atoms with Crippen LogP contribution in [0.15, 0.2) is 53.3 Å². The molecule has 1 aliphatic heterocycles. The number of carbonyl (C=O) groups is 2. The standard InChI is InChI=1S/C22H22N4O4/c1-13(2)17(19-25-18(26-30-19)15-8-6-10-23-12-15)24-21(28)22(3)11-14-7-4-5-9-16(14)20(27)29-22/h4-10,12-13,17H,11H2,1-3H3,(H,24,28). The van der Waals surface area contributed by atoms with Crippen molar-refractivity contribution in [1.82, 2.24) is 20.4 Å². The molecule has 1 amide bonds. The number of rotatable bonds is 5. The number of ether oxygens (including phenoxy) is 1. The van der Waals surface area contributed by atoms with E-state index in [1.54, 1.807) is 37.5 Å². The highest BCUT2D eigenvalue weighted by molar-refractivity contribution is 5.97. The van der Waals surface area contributed by atoms with E-state index in [0.29, 0.717) is 17.0 Å². The smallest absolute Gasteiger partial charge is 0.339 e. The summed E-state index contributed by atoms with van der Waals surface area (Å²) in [6, 6.07) is 10.2. The summed E-state index contributed by atoms with van der Waals surface area (Å²) in [6.07, 6.45) is 3.58. The maximum absolute atomic E-state index is 13.2. The number of fused-ring (bicyclic) bond motifs is 1. The number of amides is 1. The number of esters is 1. The molecule has 3 heterocycles. The molecule has 1 N–H and O–H groups in total. The van der Waals surface area contributed by atoms with E-state index >= 15 is 0 Å². The highest BCUT2D eigenvalue weighted by atomic mass is 16.6. The molecule has 8 heteroatoms. The number of nitrogens with zero attached hydrogens (tertiary/aromatic N) is 3. The third-order valence-electron chi connectivity index (χ3n) is 5.14. The number of hydrogen-bond donors (Lipinski definition) is 1. The Labute approximate surface area is 173 Å². The predicted octanol–water partition coefficient (Wildman–Crippen LogP) is 3.12. The van der Waals surface area contributed by atoms with E-state index in [9.17, 15) is 9.59 Å². The van der Waals surface area contributed by atoms with Crippen molar-refractivity contribution in [2.24, 2.45) is 5.92 Å². The lowest BCUT2D eigenvalue weighted by molar-refractivity contribution is -0.141. The second-order valence-electron chi connectivity index (χ2n) is 7.85. The fraction of sp³-hybridized carbons (Fsp3) is 0.318. The van der Waals surface area contributed by atoms with Crippen LogP contribution < -0.4 is 5.32 Å². The Kier molecular flexibility index (Phi) is 5.07. The van der Waals surface area contributed by atoms with E-state index in [0.717, 1.165) is 5.56 Å². The first kappa shape index (κ1) is 19.8. The second-order valence-corrected chi connectivity index (χ2v) is 7.85. The number of carbonyl (C=O) groups excluding carboxylic acids is 2. The zero-order chi connectivity index (χ0) is 21.3. The van der Waals surface area contributed by atoms with Crippen LogP contribution in [-0.4, -0.2) is 32.6 Å². The summed E-state index contributed by atoms with van der Waals surface area (Å²) in [5, 5.41) is 6.94. The number of pyridine rings is 1. The maximum atomic E-state index is 13.2. The molecule has 0 saturated heterocycles. The lowest BCUT2D eigenvalue weighted by Gasteiger charge is -2.34. The summed E-state index contributed by atoms with van der Waals surface area (Å²) >= 11 is 0. The van der Waals surface area contributed by atoms with Gasteiger partial charge in [0.05, 0.1) is 5.56 Å². The third kappa shape index (κ3) is 3.68. The summed E-state index contributed by atoms with van der Waals surface area (Å²) in [5.74, 6) is -0.283. The van der Waals surface area contributed by atoms with Gasteiger partial charge in [-0.15, -0.1) is 0 Å². The van der Waals surface area contributed by atoms with Crippen LogP contribution >= 0.6 is 0 Å². The molecule has 2 unspecified atom stereocenters. The van der Waals surface area contributed by atoms with Crippen molar-refractivity contribution in [3.63, 3.8) is 0 Å². The summed E-state index contributed by atoms with van der Waals surface area (Å²) in [6.45, 7) is 5.48. The largest absolute Gasteiger partial charge is 0.445 e. The number of aromatic nitrogens is 3. The summed E-state index contributed by atoms with van der Waals surface area (Å²) in [7, 11) is 0. The van der Waals surface area contributed by atoms with Gasteiger partial charge in [0.15, 0.2) is 5.60 Å². The molecule has 1 aromatic carbocycles. The average Bonchev–Trinajstić information content (AvgIpc) is 3.22. The molecule has 2 aromatic heterocycles. The van der Waals surface area contributed by atoms with Crippen molar-refractivity contribution in [2.45, 2.75) is 38.8 Å². The van der Waals surface area contributed by atoms with Crippen LogP contribution in [0.2, 0.25) is 0 Å². The van der Waals surface area contributed by atoms with Crippen molar-refractivity contribution in [3.05, 3.63) is 65.8 Å². The van der Waals surface area contributed by atoms with Gasteiger partial charge in [-0.05, 0) is 36.6 Å². The molecule has 8 nitrogen and oxygen atoms in total. The Bertz CT molecular complexity index is 1080. The Morgan fingerprint density at radius 2 is 2.00 bits per heavy atom. The van der Waals surface area contributed by atoms with Crippen LogP contribution in [0.5, 0.6) is 0 Å². The van der Waals surface area contributed by atoms with E-state index < -0.39 is 23.5 Å². The lowest BCUT2D eigenvalue weighted by atomic mass is 9.88. The van der Waals surface area contributed by atoms with Gasteiger partial charge in [0.1, 0.15) is 6.04 Å². The van der Waals surface area contributed by atoms with Gasteiger partial charge < -0.3 is 14.6 Å². The Balaban J connectivity index is 1.56. The van der Waals surface area contributed by atoms with E-state index in [1.165, 1.54) is 0 Å². The van der Waals surface area contributed by atoms with Gasteiger partial charge >= 0.3 is 5.97 Å². The number of nitrogens with one attached hydrogen (secondary N) is 1. The molecular weight excluding hydrogens is 384 g/mol. The zero-order valence-corrected chi connectivity index (χ0v) is 17.0. The highest BCUT2D eigenvalue weighted by Crippen LogP contribution is 2.30. The lowest BCUT2D eigenvalue weighted by Crippen LogP contribution is -2.53. The molecule has 1 aliphatic rings. The first-order valence-corrected chi connectivity index (χ1v) is 9.73. The number of hydrogen-bond acceptors (Lipinski definition) is 7. The van der Waals surface area contributed by atoms with Crippen molar-refractivity contribution >= 4 is 11.9 Å². The first-order chi connectivity index (χ1) is 14.4. The molecule has 3 aromatic rings. The molecule has 154 valence electrons. The molecule has 0 fully saturated rings. The zero-order valence-electron chi connectivity index (χ0n) is 17.0. The Morgan fingerprint density at radius 1 is 1.20 bits per heavy atom. The topological polar surface area (TPSA) is 107 Å². The van der Waals surface area contributed by atoms with Crippen molar-refractivity contribution in [2.75, 3.05) is 0 Å². The minimum Gasteiger partial charge on any atom is -0.445 e. The van der Waals surface area contributed by atoms with E-state index in [4.69, 9.17) is 9.26 Å². The molecule has 0 saturated carbocycles. The monoisotopic (exact) mass is 406 g/mol.